The molecule has 142 valence electrons. The molecule has 0 unspecified atom stereocenters. The molecule has 4 rings (SSSR count). The third-order valence-electron chi connectivity index (χ3n) is 4.42. The minimum Gasteiger partial charge on any atom is -0.443 e. The molecule has 2 aromatic carbocycles. The summed E-state index contributed by atoms with van der Waals surface area (Å²) in [5.41, 5.74) is 4.01. The fourth-order valence-corrected chi connectivity index (χ4v) is 3.49. The van der Waals surface area contributed by atoms with Crippen molar-refractivity contribution in [3.8, 4) is 22.5 Å². The molecule has 28 heavy (non-hydrogen) atoms. The molecule has 0 spiro atoms. The second-order valence-corrected chi connectivity index (χ2v) is 8.11. The average Bonchev–Trinajstić information content (AvgIpc) is 3.25. The minimum atomic E-state index is -0.575. The molecular weight excluding hydrogens is 372 g/mol. The van der Waals surface area contributed by atoms with Gasteiger partial charge in [0.25, 0.3) is 0 Å². The number of halogens is 1. The first-order valence-corrected chi connectivity index (χ1v) is 9.49. The van der Waals surface area contributed by atoms with Crippen LogP contribution in [0.5, 0.6) is 0 Å². The number of nitrogens with one attached hydrogen (secondary N) is 1. The van der Waals surface area contributed by atoms with E-state index in [1.807, 2.05) is 81.4 Å². The van der Waals surface area contributed by atoms with Crippen molar-refractivity contribution in [2.75, 3.05) is 0 Å². The number of ether oxygens (including phenoxy) is 1. The Balaban J connectivity index is 1.94. The van der Waals surface area contributed by atoms with E-state index in [1.54, 1.807) is 6.20 Å². The highest BCUT2D eigenvalue weighted by Crippen LogP contribution is 2.39. The van der Waals surface area contributed by atoms with E-state index in [0.29, 0.717) is 5.02 Å². The summed E-state index contributed by atoms with van der Waals surface area (Å²) in [7, 11) is 0. The van der Waals surface area contributed by atoms with Crippen molar-refractivity contribution in [1.82, 2.24) is 9.55 Å². The maximum Gasteiger partial charge on any atom is 0.419 e. The number of rotatable bonds is 2. The molecule has 0 bridgehead atoms. The summed E-state index contributed by atoms with van der Waals surface area (Å²) in [6.07, 6.45) is 1.31. The van der Waals surface area contributed by atoms with Gasteiger partial charge in [0, 0.05) is 27.7 Å². The van der Waals surface area contributed by atoms with Gasteiger partial charge in [-0.2, -0.15) is 0 Å². The number of hydrogen-bond donors (Lipinski definition) is 1. The molecular formula is C23H21ClN2O2. The Labute approximate surface area is 168 Å². The third kappa shape index (κ3) is 3.43. The van der Waals surface area contributed by atoms with Crippen LogP contribution in [0.1, 0.15) is 20.8 Å². The third-order valence-corrected chi connectivity index (χ3v) is 4.65. The van der Waals surface area contributed by atoms with Gasteiger partial charge in [-0.05, 0) is 56.7 Å². The fraction of sp³-hybridized carbons (Fsp3) is 0.174. The summed E-state index contributed by atoms with van der Waals surface area (Å²) in [6, 6.07) is 19.6. The summed E-state index contributed by atoms with van der Waals surface area (Å²) >= 11 is 6.27. The number of aromatic amines is 1. The lowest BCUT2D eigenvalue weighted by Crippen LogP contribution is -2.27. The lowest BCUT2D eigenvalue weighted by Gasteiger charge is -2.20. The molecule has 0 aliphatic heterocycles. The first-order valence-electron chi connectivity index (χ1n) is 9.11. The van der Waals surface area contributed by atoms with Crippen LogP contribution in [-0.4, -0.2) is 21.2 Å². The Kier molecular flexibility index (Phi) is 4.52. The maximum absolute atomic E-state index is 12.7. The van der Waals surface area contributed by atoms with Gasteiger partial charge >= 0.3 is 6.09 Å². The Hall–Kier alpha value is -2.98. The second kappa shape index (κ2) is 6.88. The highest BCUT2D eigenvalue weighted by molar-refractivity contribution is 6.31. The predicted octanol–water partition coefficient (Wildman–Crippen LogP) is 6.74. The molecule has 0 amide bonds. The van der Waals surface area contributed by atoms with E-state index in [1.165, 1.54) is 4.57 Å². The van der Waals surface area contributed by atoms with Crippen LogP contribution in [0.25, 0.3) is 33.4 Å². The van der Waals surface area contributed by atoms with Crippen molar-refractivity contribution < 1.29 is 9.53 Å². The molecule has 4 nitrogen and oxygen atoms in total. The molecule has 1 N–H and O–H groups in total. The Morgan fingerprint density at radius 1 is 1.04 bits per heavy atom. The monoisotopic (exact) mass is 392 g/mol. The number of carbonyl (C=O) groups is 1. The summed E-state index contributed by atoms with van der Waals surface area (Å²) in [4.78, 5) is 16.2. The van der Waals surface area contributed by atoms with E-state index in [9.17, 15) is 4.79 Å². The lowest BCUT2D eigenvalue weighted by molar-refractivity contribution is 0.0540. The molecule has 0 saturated heterocycles. The van der Waals surface area contributed by atoms with Gasteiger partial charge in [-0.25, -0.2) is 4.79 Å². The topological polar surface area (TPSA) is 47.0 Å². The number of H-pyrrole nitrogens is 1. The molecule has 0 radical (unpaired) electrons. The van der Waals surface area contributed by atoms with Crippen LogP contribution in [0.3, 0.4) is 0 Å². The molecule has 0 aliphatic carbocycles. The fourth-order valence-electron chi connectivity index (χ4n) is 3.32. The van der Waals surface area contributed by atoms with Gasteiger partial charge in [0.15, 0.2) is 0 Å². The minimum absolute atomic E-state index is 0.414. The first-order chi connectivity index (χ1) is 13.3. The van der Waals surface area contributed by atoms with E-state index in [-0.39, 0.29) is 0 Å². The molecule has 0 atom stereocenters. The zero-order chi connectivity index (χ0) is 19.9. The first kappa shape index (κ1) is 18.4. The van der Waals surface area contributed by atoms with Crippen molar-refractivity contribution in [2.45, 2.75) is 26.4 Å². The smallest absolute Gasteiger partial charge is 0.419 e. The van der Waals surface area contributed by atoms with E-state index in [4.69, 9.17) is 16.3 Å². The van der Waals surface area contributed by atoms with Gasteiger partial charge in [0.1, 0.15) is 5.60 Å². The maximum atomic E-state index is 12.7. The number of hydrogen-bond acceptors (Lipinski definition) is 2. The van der Waals surface area contributed by atoms with E-state index in [0.717, 1.165) is 33.4 Å². The summed E-state index contributed by atoms with van der Waals surface area (Å²) < 4.78 is 7.10. The molecule has 0 aliphatic rings. The Morgan fingerprint density at radius 2 is 1.79 bits per heavy atom. The average molecular weight is 393 g/mol. The van der Waals surface area contributed by atoms with Crippen LogP contribution < -0.4 is 0 Å². The van der Waals surface area contributed by atoms with Crippen LogP contribution in [0.2, 0.25) is 5.02 Å². The van der Waals surface area contributed by atoms with Gasteiger partial charge in [0.05, 0.1) is 11.4 Å². The lowest BCUT2D eigenvalue weighted by atomic mass is 10.0. The van der Waals surface area contributed by atoms with Crippen LogP contribution in [0, 0.1) is 0 Å². The van der Waals surface area contributed by atoms with Gasteiger partial charge in [-0.1, -0.05) is 41.9 Å². The molecule has 4 aromatic rings. The van der Waals surface area contributed by atoms with Crippen LogP contribution in [-0.2, 0) is 4.74 Å². The standard InChI is InChI=1S/C23H21ClN2O2/c1-23(2,3)28-22(27)26-13-7-10-19(26)21-20(15-8-5-4-6-9-15)17-14-16(24)11-12-18(17)25-21/h4-14,25H,1-3H3. The van der Waals surface area contributed by atoms with Crippen LogP contribution in [0.15, 0.2) is 66.9 Å². The SMILES string of the molecule is CC(C)(C)OC(=O)n1cccc1-c1[nH]c2ccc(Cl)cc2c1-c1ccccc1. The highest BCUT2D eigenvalue weighted by atomic mass is 35.5. The van der Waals surface area contributed by atoms with Crippen molar-refractivity contribution >= 4 is 28.6 Å². The predicted molar refractivity (Wildman–Crippen MR) is 114 cm³/mol. The van der Waals surface area contributed by atoms with Gasteiger partial charge in [-0.3, -0.25) is 4.57 Å². The van der Waals surface area contributed by atoms with Crippen molar-refractivity contribution in [3.63, 3.8) is 0 Å². The summed E-state index contributed by atoms with van der Waals surface area (Å²) in [5.74, 6) is 0. The number of carbonyl (C=O) groups excluding carboxylic acids is 1. The Morgan fingerprint density at radius 3 is 2.50 bits per heavy atom. The molecule has 2 heterocycles. The van der Waals surface area contributed by atoms with Crippen molar-refractivity contribution in [1.29, 1.82) is 0 Å². The largest absolute Gasteiger partial charge is 0.443 e. The van der Waals surface area contributed by atoms with Crippen molar-refractivity contribution in [3.05, 3.63) is 71.9 Å². The van der Waals surface area contributed by atoms with E-state index in [2.05, 4.69) is 4.98 Å². The normalized spacial score (nSPS) is 11.7. The summed E-state index contributed by atoms with van der Waals surface area (Å²) in [6.45, 7) is 5.57. The highest BCUT2D eigenvalue weighted by Gasteiger charge is 2.23. The number of aromatic nitrogens is 2. The van der Waals surface area contributed by atoms with Gasteiger partial charge in [0.2, 0.25) is 0 Å². The number of benzene rings is 2. The van der Waals surface area contributed by atoms with E-state index < -0.39 is 11.7 Å². The van der Waals surface area contributed by atoms with Crippen LogP contribution in [0.4, 0.5) is 4.79 Å². The second-order valence-electron chi connectivity index (χ2n) is 7.67. The van der Waals surface area contributed by atoms with Crippen LogP contribution >= 0.6 is 11.6 Å². The zero-order valence-electron chi connectivity index (χ0n) is 16.0. The molecule has 0 saturated carbocycles. The van der Waals surface area contributed by atoms with Gasteiger partial charge < -0.3 is 9.72 Å². The van der Waals surface area contributed by atoms with Crippen molar-refractivity contribution in [2.24, 2.45) is 0 Å². The number of fused-ring (bicyclic) bond motifs is 1. The van der Waals surface area contributed by atoms with Gasteiger partial charge in [-0.15, -0.1) is 0 Å². The number of nitrogens with zero attached hydrogens (tertiary/aromatic N) is 1. The Bertz CT molecular complexity index is 1150. The zero-order valence-corrected chi connectivity index (χ0v) is 16.7. The summed E-state index contributed by atoms with van der Waals surface area (Å²) in [5, 5.41) is 1.67. The quantitative estimate of drug-likeness (QED) is 0.410. The molecule has 2 aromatic heterocycles. The molecule has 0 fully saturated rings. The molecule has 5 heteroatoms. The van der Waals surface area contributed by atoms with E-state index >= 15 is 0 Å².